The predicted octanol–water partition coefficient (Wildman–Crippen LogP) is 6.06. The fourth-order valence-corrected chi connectivity index (χ4v) is 9.62. The number of pyridine rings is 1. The van der Waals surface area contributed by atoms with Gasteiger partial charge >= 0.3 is 12.2 Å². The molecule has 64 heavy (non-hydrogen) atoms. The highest BCUT2D eigenvalue weighted by atomic mass is 19.1. The second-order valence-corrected chi connectivity index (χ2v) is 16.8. The quantitative estimate of drug-likeness (QED) is 0.120. The Morgan fingerprint density at radius 2 is 1.28 bits per heavy atom. The lowest BCUT2D eigenvalue weighted by molar-refractivity contribution is -0.137. The molecule has 0 aliphatic carbocycles. The van der Waals surface area contributed by atoms with Crippen LogP contribution in [-0.4, -0.2) is 125 Å². The molecule has 7 heterocycles. The number of aromatic nitrogens is 5. The van der Waals surface area contributed by atoms with E-state index >= 15 is 4.39 Å². The number of nitrogens with zero attached hydrogens (tertiary/aromatic N) is 5. The molecule has 4 fully saturated rings. The first-order chi connectivity index (χ1) is 31.2. The van der Waals surface area contributed by atoms with Gasteiger partial charge < -0.3 is 49.3 Å². The highest BCUT2D eigenvalue weighted by molar-refractivity contribution is 5.88. The summed E-state index contributed by atoms with van der Waals surface area (Å²) in [6.45, 7) is 3.05. The topological polar surface area (TPSA) is 206 Å². The third-order valence-electron chi connectivity index (χ3n) is 13.1. The number of likely N-dealkylation sites (tertiary alicyclic amines) is 2. The molecule has 3 aromatic heterocycles. The molecule has 4 saturated heterocycles. The van der Waals surface area contributed by atoms with Gasteiger partial charge in [-0.25, -0.2) is 28.9 Å². The Labute approximate surface area is 368 Å². The van der Waals surface area contributed by atoms with Crippen LogP contribution in [0, 0.1) is 17.7 Å². The normalized spacial score (nSPS) is 21.2. The van der Waals surface area contributed by atoms with Crippen molar-refractivity contribution in [1.29, 1.82) is 0 Å². The van der Waals surface area contributed by atoms with E-state index in [2.05, 4.69) is 25.6 Å². The summed E-state index contributed by atoms with van der Waals surface area (Å²) < 4.78 is 36.7. The number of methoxy groups -OCH3 is 2. The van der Waals surface area contributed by atoms with Crippen LogP contribution in [0.4, 0.5) is 14.0 Å². The number of hydrogen-bond donors (Lipinski definition) is 4. The number of fused-ring (bicyclic) bond motifs is 1. The zero-order chi connectivity index (χ0) is 44.3. The minimum absolute atomic E-state index is 0.0767. The first-order valence-corrected chi connectivity index (χ1v) is 22.0. The van der Waals surface area contributed by atoms with E-state index in [9.17, 15) is 19.2 Å². The number of benzene rings is 2. The number of nitrogens with one attached hydrogen (secondary N) is 4. The molecule has 18 heteroatoms. The van der Waals surface area contributed by atoms with Crippen LogP contribution in [0.15, 0.2) is 60.9 Å². The Balaban J connectivity index is 0.879. The zero-order valence-electron chi connectivity index (χ0n) is 35.8. The number of hydrogen-bond acceptors (Lipinski definition) is 11. The first-order valence-electron chi connectivity index (χ1n) is 22.0. The fraction of sp³-hybridized carbons (Fsp3) is 0.457. The molecule has 0 radical (unpaired) electrons. The molecule has 9 rings (SSSR count). The minimum atomic E-state index is -0.756. The van der Waals surface area contributed by atoms with E-state index in [4.69, 9.17) is 28.9 Å². The Morgan fingerprint density at radius 3 is 1.86 bits per heavy atom. The average Bonchev–Trinajstić information content (AvgIpc) is 4.19. The molecule has 4 aliphatic rings. The smallest absolute Gasteiger partial charge is 0.407 e. The molecule has 17 nitrogen and oxygen atoms in total. The predicted molar refractivity (Wildman–Crippen MR) is 231 cm³/mol. The van der Waals surface area contributed by atoms with Gasteiger partial charge in [-0.2, -0.15) is 0 Å². The van der Waals surface area contributed by atoms with Crippen molar-refractivity contribution >= 4 is 34.9 Å². The molecule has 4 amide bonds. The van der Waals surface area contributed by atoms with Crippen molar-refractivity contribution < 1.29 is 42.5 Å². The van der Waals surface area contributed by atoms with Gasteiger partial charge in [0.1, 0.15) is 29.5 Å². The maximum absolute atomic E-state index is 15.9. The van der Waals surface area contributed by atoms with Gasteiger partial charge in [-0.05, 0) is 81.2 Å². The Bertz CT molecular complexity index is 2520. The summed E-state index contributed by atoms with van der Waals surface area (Å²) in [5, 5.41) is 6.37. The summed E-state index contributed by atoms with van der Waals surface area (Å²) in [6.07, 6.45) is 7.08. The second kappa shape index (κ2) is 18.8. The van der Waals surface area contributed by atoms with Crippen LogP contribution in [0.25, 0.3) is 44.7 Å². The van der Waals surface area contributed by atoms with E-state index < -0.39 is 30.1 Å². The van der Waals surface area contributed by atoms with E-state index in [1.165, 1.54) is 20.3 Å². The van der Waals surface area contributed by atoms with Gasteiger partial charge in [0.15, 0.2) is 0 Å². The molecule has 336 valence electrons. The summed E-state index contributed by atoms with van der Waals surface area (Å²) in [7, 11) is 2.56. The van der Waals surface area contributed by atoms with Gasteiger partial charge in [-0.1, -0.05) is 18.2 Å². The van der Waals surface area contributed by atoms with Crippen molar-refractivity contribution in [3.05, 3.63) is 78.4 Å². The molecule has 0 bridgehead atoms. The van der Waals surface area contributed by atoms with Crippen LogP contribution in [0.3, 0.4) is 0 Å². The third kappa shape index (κ3) is 8.75. The largest absolute Gasteiger partial charge is 0.453 e. The molecular weight excluding hydrogens is 826 g/mol. The van der Waals surface area contributed by atoms with Crippen LogP contribution >= 0.6 is 0 Å². The van der Waals surface area contributed by atoms with Crippen LogP contribution < -0.4 is 10.6 Å². The Morgan fingerprint density at radius 1 is 0.719 bits per heavy atom. The van der Waals surface area contributed by atoms with E-state index in [1.807, 2.05) is 30.3 Å². The van der Waals surface area contributed by atoms with Gasteiger partial charge in [0.25, 0.3) is 0 Å². The molecule has 4 N–H and O–H groups in total. The lowest BCUT2D eigenvalue weighted by Gasteiger charge is -2.34. The molecule has 0 saturated carbocycles. The average molecular weight is 878 g/mol. The number of ether oxygens (including phenoxy) is 4. The van der Waals surface area contributed by atoms with Gasteiger partial charge in [0.2, 0.25) is 11.8 Å². The lowest BCUT2D eigenvalue weighted by atomic mass is 9.90. The SMILES string of the molecule is COC(=O)NC(C(=O)N1CCC[C@H]1c1ncc(-c2ccc3nc(-c4ccc(-c5cnc([C@@H]6CCCN6C(=O)[C@@H](NC(=O)OC)C6CCOCC6)[nH]5)cc4F)ccc3c2)[nH]1)C1CCOC1. The number of amides is 4. The fourth-order valence-electron chi connectivity index (χ4n) is 9.62. The van der Waals surface area contributed by atoms with Gasteiger partial charge in [0, 0.05) is 60.9 Å². The summed E-state index contributed by atoms with van der Waals surface area (Å²) >= 11 is 0. The lowest BCUT2D eigenvalue weighted by Crippen LogP contribution is -2.53. The number of halogens is 1. The second-order valence-electron chi connectivity index (χ2n) is 16.8. The Kier molecular flexibility index (Phi) is 12.6. The van der Waals surface area contributed by atoms with E-state index in [0.29, 0.717) is 105 Å². The van der Waals surface area contributed by atoms with Crippen molar-refractivity contribution in [3.63, 3.8) is 0 Å². The molecular formula is C46H52FN9O8. The van der Waals surface area contributed by atoms with Gasteiger partial charge in [-0.15, -0.1) is 0 Å². The number of alkyl carbamates (subject to hydrolysis) is 2. The summed E-state index contributed by atoms with van der Waals surface area (Å²) in [4.78, 5) is 76.8. The molecule has 0 spiro atoms. The number of rotatable bonds is 11. The highest BCUT2D eigenvalue weighted by Gasteiger charge is 2.42. The van der Waals surface area contributed by atoms with E-state index in [0.717, 1.165) is 35.9 Å². The third-order valence-corrected chi connectivity index (χ3v) is 13.1. The van der Waals surface area contributed by atoms with Crippen molar-refractivity contribution in [2.24, 2.45) is 11.8 Å². The molecule has 5 aromatic rings. The number of carbonyl (C=O) groups excluding carboxylic acids is 4. The number of H-pyrrole nitrogens is 2. The van der Waals surface area contributed by atoms with Crippen LogP contribution in [-0.2, 0) is 28.5 Å². The zero-order valence-corrected chi connectivity index (χ0v) is 35.8. The van der Waals surface area contributed by atoms with Gasteiger partial charge in [-0.3, -0.25) is 9.59 Å². The van der Waals surface area contributed by atoms with Crippen molar-refractivity contribution in [3.8, 4) is 33.8 Å². The Hall–Kier alpha value is -6.40. The standard InChI is InChI=1S/C46H52FN9O8/c1-61-45(59)53-39(26-13-18-63-19-14-26)43(57)55-16-3-5-37(55)42-49-24-36(52-42)29-7-10-31(32(47)22-29)34-12-9-27-21-28(8-11-33(27)50-34)35-23-48-41(51-35)38-6-4-17-56(38)44(58)40(54-46(60)62-2)30-15-20-64-25-30/h7-12,21-24,26,30,37-40H,3-6,13-20,25H2,1-2H3,(H,48,51)(H,49,52)(H,53,59)(H,54,60)/t30?,37-,38-,39-,40?/m0/s1. The molecule has 4 aliphatic heterocycles. The van der Waals surface area contributed by atoms with E-state index in [-0.39, 0.29) is 35.7 Å². The summed E-state index contributed by atoms with van der Waals surface area (Å²) in [5.74, 6) is 0.238. The van der Waals surface area contributed by atoms with Crippen LogP contribution in [0.5, 0.6) is 0 Å². The van der Waals surface area contributed by atoms with Crippen LogP contribution in [0.1, 0.15) is 68.7 Å². The van der Waals surface area contributed by atoms with Crippen LogP contribution in [0.2, 0.25) is 0 Å². The molecule has 2 unspecified atom stereocenters. The number of imidazole rings is 2. The first kappa shape index (κ1) is 42.9. The summed E-state index contributed by atoms with van der Waals surface area (Å²) in [5.41, 5.74) is 4.37. The number of carbonyl (C=O) groups is 4. The van der Waals surface area contributed by atoms with Crippen molar-refractivity contribution in [1.82, 2.24) is 45.4 Å². The monoisotopic (exact) mass is 877 g/mol. The maximum atomic E-state index is 15.9. The highest BCUT2D eigenvalue weighted by Crippen LogP contribution is 2.37. The molecule has 2 aromatic carbocycles. The summed E-state index contributed by atoms with van der Waals surface area (Å²) in [6, 6.07) is 12.4. The maximum Gasteiger partial charge on any atom is 0.407 e. The molecule has 5 atom stereocenters. The van der Waals surface area contributed by atoms with Gasteiger partial charge in [0.05, 0.1) is 67.9 Å². The van der Waals surface area contributed by atoms with Crippen molar-refractivity contribution in [2.45, 2.75) is 69.1 Å². The number of aromatic amines is 2. The minimum Gasteiger partial charge on any atom is -0.453 e. The van der Waals surface area contributed by atoms with E-state index in [1.54, 1.807) is 34.3 Å². The van der Waals surface area contributed by atoms with Crippen molar-refractivity contribution in [2.75, 3.05) is 53.7 Å².